The van der Waals surface area contributed by atoms with Crippen molar-refractivity contribution in [2.45, 2.75) is 43.9 Å². The number of fused-ring (bicyclic) bond motifs is 3. The van der Waals surface area contributed by atoms with Gasteiger partial charge in [0.25, 0.3) is 12.3 Å². The van der Waals surface area contributed by atoms with Crippen molar-refractivity contribution in [3.8, 4) is 0 Å². The van der Waals surface area contributed by atoms with Gasteiger partial charge in [-0.2, -0.15) is 0 Å². The summed E-state index contributed by atoms with van der Waals surface area (Å²) >= 11 is 0. The summed E-state index contributed by atoms with van der Waals surface area (Å²) in [5.41, 5.74) is 2.85. The number of methoxy groups -OCH3 is 1. The molecule has 0 saturated carbocycles. The quantitative estimate of drug-likeness (QED) is 0.324. The third-order valence-corrected chi connectivity index (χ3v) is 9.28. The summed E-state index contributed by atoms with van der Waals surface area (Å²) in [5.74, 6) is 0.453. The molecule has 1 aromatic carbocycles. The Balaban J connectivity index is 1.23. The van der Waals surface area contributed by atoms with Crippen molar-refractivity contribution in [1.29, 1.82) is 0 Å². The molecule has 224 valence electrons. The lowest BCUT2D eigenvalue weighted by atomic mass is 10.0. The Kier molecular flexibility index (Phi) is 8.03. The highest BCUT2D eigenvalue weighted by atomic mass is 32.2. The molecule has 13 heteroatoms. The summed E-state index contributed by atoms with van der Waals surface area (Å²) in [6.07, 6.45) is 0.428. The van der Waals surface area contributed by atoms with E-state index in [1.165, 1.54) is 13.2 Å². The zero-order valence-electron chi connectivity index (χ0n) is 23.3. The number of anilines is 2. The zero-order chi connectivity index (χ0) is 30.1. The Morgan fingerprint density at radius 3 is 2.81 bits per heavy atom. The van der Waals surface area contributed by atoms with E-state index in [9.17, 15) is 22.0 Å². The van der Waals surface area contributed by atoms with Gasteiger partial charge in [0, 0.05) is 36.4 Å². The number of carbonyl (C=O) groups excluding carboxylic acids is 1. The minimum absolute atomic E-state index is 0.0566. The van der Waals surface area contributed by atoms with Crippen LogP contribution in [0.3, 0.4) is 0 Å². The number of ether oxygens (including phenoxy) is 2. The predicted octanol–water partition coefficient (Wildman–Crippen LogP) is 4.43. The maximum atomic E-state index is 13.8. The highest BCUT2D eigenvalue weighted by molar-refractivity contribution is 7.91. The van der Waals surface area contributed by atoms with Gasteiger partial charge in [0.2, 0.25) is 0 Å². The van der Waals surface area contributed by atoms with E-state index in [0.717, 1.165) is 17.4 Å². The SMILES string of the molecule is COCc1cc2c(nc1C(F)F)N(c1ccc3cnc(CNC(=O)c4ccc5c(c4)S(=O)(=O)CCOC5)cc3n1)CCC2. The first kappa shape index (κ1) is 29.0. The molecule has 4 aromatic rings. The van der Waals surface area contributed by atoms with Gasteiger partial charge in [-0.15, -0.1) is 0 Å². The molecule has 10 nitrogen and oxygen atoms in total. The average Bonchev–Trinajstić information content (AvgIpc) is 3.15. The molecular weight excluding hydrogens is 580 g/mol. The van der Waals surface area contributed by atoms with Crippen molar-refractivity contribution in [1.82, 2.24) is 20.3 Å². The fraction of sp³-hybridized carbons (Fsp3) is 0.333. The van der Waals surface area contributed by atoms with Crippen molar-refractivity contribution < 1.29 is 31.5 Å². The lowest BCUT2D eigenvalue weighted by Gasteiger charge is -2.30. The van der Waals surface area contributed by atoms with E-state index in [2.05, 4.69) is 15.3 Å². The molecule has 6 rings (SSSR count). The largest absolute Gasteiger partial charge is 0.380 e. The van der Waals surface area contributed by atoms with Gasteiger partial charge in [-0.05, 0) is 60.4 Å². The van der Waals surface area contributed by atoms with E-state index in [1.807, 2.05) is 17.0 Å². The fourth-order valence-electron chi connectivity index (χ4n) is 5.37. The van der Waals surface area contributed by atoms with Crippen molar-refractivity contribution in [3.05, 3.63) is 82.3 Å². The maximum Gasteiger partial charge on any atom is 0.280 e. The third-order valence-electron chi connectivity index (χ3n) is 7.52. The molecule has 0 saturated heterocycles. The van der Waals surface area contributed by atoms with Crippen LogP contribution in [-0.2, 0) is 45.5 Å². The van der Waals surface area contributed by atoms with Crippen molar-refractivity contribution in [2.75, 3.05) is 30.9 Å². The van der Waals surface area contributed by atoms with Gasteiger partial charge >= 0.3 is 0 Å². The molecule has 3 aromatic heterocycles. The van der Waals surface area contributed by atoms with E-state index in [1.54, 1.807) is 30.5 Å². The molecule has 5 heterocycles. The Bertz CT molecular complexity index is 1820. The first-order valence-electron chi connectivity index (χ1n) is 13.8. The second-order valence-corrected chi connectivity index (χ2v) is 12.5. The third kappa shape index (κ3) is 5.92. The van der Waals surface area contributed by atoms with Crippen LogP contribution in [0.25, 0.3) is 10.9 Å². The number of amides is 1. The summed E-state index contributed by atoms with van der Waals surface area (Å²) in [4.78, 5) is 28.5. The van der Waals surface area contributed by atoms with Crippen molar-refractivity contribution >= 4 is 38.3 Å². The lowest BCUT2D eigenvalue weighted by molar-refractivity contribution is 0.0950. The van der Waals surface area contributed by atoms with Gasteiger partial charge in [-0.25, -0.2) is 27.2 Å². The second-order valence-electron chi connectivity index (χ2n) is 10.4. The standard InChI is InChI=1S/C30H29F2N5O5S/c1-41-16-22-11-18-3-2-8-37(29(18)36-27(22)28(31)32)26-7-6-20-14-33-23(13-24(20)35-26)15-34-30(38)19-4-5-21-17-42-9-10-43(39,40)25(21)12-19/h4-7,11-14,28H,2-3,8-10,15-17H2,1H3,(H,34,38). The van der Waals surface area contributed by atoms with Crippen LogP contribution in [0.4, 0.5) is 20.4 Å². The Morgan fingerprint density at radius 1 is 1.14 bits per heavy atom. The molecule has 2 aliphatic rings. The Labute approximate surface area is 247 Å². The monoisotopic (exact) mass is 609 g/mol. The molecule has 1 amide bonds. The van der Waals surface area contributed by atoms with Crippen LogP contribution < -0.4 is 10.2 Å². The lowest BCUT2D eigenvalue weighted by Crippen LogP contribution is -2.27. The van der Waals surface area contributed by atoms with E-state index < -0.39 is 22.2 Å². The molecule has 0 bridgehead atoms. The number of alkyl halides is 2. The van der Waals surface area contributed by atoms with Crippen LogP contribution >= 0.6 is 0 Å². The fourth-order valence-corrected chi connectivity index (χ4v) is 6.76. The van der Waals surface area contributed by atoms with Crippen LogP contribution in [0.5, 0.6) is 0 Å². The number of hydrogen-bond acceptors (Lipinski definition) is 9. The predicted molar refractivity (Wildman–Crippen MR) is 154 cm³/mol. The summed E-state index contributed by atoms with van der Waals surface area (Å²) < 4.78 is 63.4. The number of nitrogens with zero attached hydrogens (tertiary/aromatic N) is 4. The molecule has 0 aliphatic carbocycles. The first-order chi connectivity index (χ1) is 20.7. The minimum atomic E-state index is -3.55. The number of halogens is 2. The number of benzene rings is 1. The molecule has 2 aliphatic heterocycles. The van der Waals surface area contributed by atoms with Crippen molar-refractivity contribution in [3.63, 3.8) is 0 Å². The summed E-state index contributed by atoms with van der Waals surface area (Å²) in [5, 5.41) is 3.57. The Hall–Kier alpha value is -4.07. The van der Waals surface area contributed by atoms with Gasteiger partial charge in [-0.3, -0.25) is 9.78 Å². The van der Waals surface area contributed by atoms with Gasteiger partial charge in [-0.1, -0.05) is 6.07 Å². The van der Waals surface area contributed by atoms with Gasteiger partial charge in [0.15, 0.2) is 9.84 Å². The molecule has 1 N–H and O–H groups in total. The topological polar surface area (TPSA) is 124 Å². The Morgan fingerprint density at radius 2 is 2.00 bits per heavy atom. The van der Waals surface area contributed by atoms with E-state index in [-0.39, 0.29) is 48.3 Å². The zero-order valence-corrected chi connectivity index (χ0v) is 24.2. The normalized spacial score (nSPS) is 16.0. The van der Waals surface area contributed by atoms with E-state index in [0.29, 0.717) is 46.9 Å². The maximum absolute atomic E-state index is 13.8. The number of carbonyl (C=O) groups is 1. The molecule has 0 spiro atoms. The smallest absolute Gasteiger partial charge is 0.280 e. The van der Waals surface area contributed by atoms with E-state index in [4.69, 9.17) is 14.5 Å². The molecule has 0 unspecified atom stereocenters. The first-order valence-corrected chi connectivity index (χ1v) is 15.4. The number of aromatic nitrogens is 3. The summed E-state index contributed by atoms with van der Waals surface area (Å²) in [7, 11) is -2.08. The summed E-state index contributed by atoms with van der Waals surface area (Å²) in [6, 6.07) is 11.7. The number of aryl methyl sites for hydroxylation is 1. The van der Waals surface area contributed by atoms with Gasteiger partial charge in [0.05, 0.1) is 48.2 Å². The number of hydrogen-bond donors (Lipinski definition) is 1. The van der Waals surface area contributed by atoms with Crippen LogP contribution in [0, 0.1) is 0 Å². The molecule has 43 heavy (non-hydrogen) atoms. The average molecular weight is 610 g/mol. The van der Waals surface area contributed by atoms with Crippen LogP contribution in [0.2, 0.25) is 0 Å². The minimum Gasteiger partial charge on any atom is -0.380 e. The highest BCUT2D eigenvalue weighted by Gasteiger charge is 2.26. The molecular formula is C30H29F2N5O5S. The molecule has 0 radical (unpaired) electrons. The number of sulfone groups is 1. The molecule has 0 atom stereocenters. The number of nitrogens with one attached hydrogen (secondary N) is 1. The van der Waals surface area contributed by atoms with Crippen LogP contribution in [-0.4, -0.2) is 55.3 Å². The van der Waals surface area contributed by atoms with E-state index >= 15 is 0 Å². The number of pyridine rings is 3. The van der Waals surface area contributed by atoms with Gasteiger partial charge in [0.1, 0.15) is 17.3 Å². The number of rotatable bonds is 7. The highest BCUT2D eigenvalue weighted by Crippen LogP contribution is 2.35. The van der Waals surface area contributed by atoms with Crippen LogP contribution in [0.1, 0.15) is 51.3 Å². The second kappa shape index (κ2) is 11.9. The molecule has 0 fully saturated rings. The van der Waals surface area contributed by atoms with Crippen LogP contribution in [0.15, 0.2) is 53.6 Å². The van der Waals surface area contributed by atoms with Gasteiger partial charge < -0.3 is 19.7 Å². The van der Waals surface area contributed by atoms with Crippen molar-refractivity contribution in [2.24, 2.45) is 0 Å². The summed E-state index contributed by atoms with van der Waals surface area (Å²) in [6.45, 7) is 0.993.